The molecule has 1 aliphatic heterocycles. The molecule has 39 heavy (non-hydrogen) atoms. The summed E-state index contributed by atoms with van der Waals surface area (Å²) in [7, 11) is 0. The summed E-state index contributed by atoms with van der Waals surface area (Å²) >= 11 is 0. The van der Waals surface area contributed by atoms with Crippen LogP contribution in [-0.2, 0) is 13.1 Å². The molecule has 2 aromatic carbocycles. The van der Waals surface area contributed by atoms with E-state index in [2.05, 4.69) is 5.32 Å². The van der Waals surface area contributed by atoms with Crippen molar-refractivity contribution in [3.8, 4) is 0 Å². The van der Waals surface area contributed by atoms with Crippen molar-refractivity contribution in [1.82, 2.24) is 14.0 Å². The quantitative estimate of drug-likeness (QED) is 0.424. The van der Waals surface area contributed by atoms with Crippen LogP contribution in [0.25, 0.3) is 10.9 Å². The van der Waals surface area contributed by atoms with Gasteiger partial charge in [-0.3, -0.25) is 18.7 Å². The van der Waals surface area contributed by atoms with Crippen LogP contribution in [0.3, 0.4) is 0 Å². The van der Waals surface area contributed by atoms with Gasteiger partial charge in [0.1, 0.15) is 0 Å². The third-order valence-corrected chi connectivity index (χ3v) is 7.87. The van der Waals surface area contributed by atoms with Crippen molar-refractivity contribution in [2.24, 2.45) is 17.6 Å². The van der Waals surface area contributed by atoms with Gasteiger partial charge in [-0.2, -0.15) is 0 Å². The zero-order valence-corrected chi connectivity index (χ0v) is 22.7. The van der Waals surface area contributed by atoms with Gasteiger partial charge >= 0.3 is 11.7 Å². The maximum atomic E-state index is 13.3. The zero-order valence-electron chi connectivity index (χ0n) is 22.7. The van der Waals surface area contributed by atoms with Crippen molar-refractivity contribution < 1.29 is 9.59 Å². The molecule has 5 rings (SSSR count). The van der Waals surface area contributed by atoms with Crippen molar-refractivity contribution in [3.05, 3.63) is 74.4 Å². The molecule has 3 aromatic rings. The molecule has 9 nitrogen and oxygen atoms in total. The minimum absolute atomic E-state index is 0.0686. The maximum absolute atomic E-state index is 13.3. The molecule has 0 bridgehead atoms. The number of nitrogens with zero attached hydrogens (tertiary/aromatic N) is 3. The number of amides is 2. The summed E-state index contributed by atoms with van der Waals surface area (Å²) in [5, 5.41) is 3.36. The standard InChI is InChI=1S/C30H37N5O4/c1-19(2)35-26-12-11-24(15-25(26)28(37)34(30(35)39)18-21-5-6-21)32-29(38)33-13-3-4-22(17-33)14-27(36)23-9-7-20(16-31)8-10-23/h7-12,15,19,21-22H,3-6,13-14,16-18,31H2,1-2H3,(H,32,38). The van der Waals surface area contributed by atoms with Crippen LogP contribution in [0.2, 0.25) is 0 Å². The lowest BCUT2D eigenvalue weighted by atomic mass is 9.91. The Labute approximate surface area is 227 Å². The molecule has 2 heterocycles. The van der Waals surface area contributed by atoms with Gasteiger partial charge in [0.25, 0.3) is 5.56 Å². The van der Waals surface area contributed by atoms with Crippen molar-refractivity contribution in [1.29, 1.82) is 0 Å². The summed E-state index contributed by atoms with van der Waals surface area (Å²) in [4.78, 5) is 54.2. The van der Waals surface area contributed by atoms with Crippen LogP contribution in [-0.4, -0.2) is 38.9 Å². The molecular formula is C30H37N5O4. The highest BCUT2D eigenvalue weighted by atomic mass is 16.2. The van der Waals surface area contributed by atoms with Gasteiger partial charge in [-0.1, -0.05) is 24.3 Å². The predicted octanol–water partition coefficient (Wildman–Crippen LogP) is 4.13. The molecule has 0 spiro atoms. The summed E-state index contributed by atoms with van der Waals surface area (Å²) in [6.45, 7) is 5.82. The minimum atomic E-state index is -0.314. The molecule has 1 aliphatic carbocycles. The molecule has 206 valence electrons. The van der Waals surface area contributed by atoms with Gasteiger partial charge in [0.05, 0.1) is 10.9 Å². The number of likely N-dealkylation sites (tertiary alicyclic amines) is 1. The highest BCUT2D eigenvalue weighted by Crippen LogP contribution is 2.30. The van der Waals surface area contributed by atoms with E-state index in [4.69, 9.17) is 5.73 Å². The summed E-state index contributed by atoms with van der Waals surface area (Å²) in [6, 6.07) is 12.2. The Kier molecular flexibility index (Phi) is 7.70. The molecule has 2 aliphatic rings. The third kappa shape index (κ3) is 5.83. The average Bonchev–Trinajstić information content (AvgIpc) is 3.76. The number of piperidine rings is 1. The molecule has 9 heteroatoms. The summed E-state index contributed by atoms with van der Waals surface area (Å²) < 4.78 is 3.00. The first-order valence-corrected chi connectivity index (χ1v) is 13.9. The monoisotopic (exact) mass is 531 g/mol. The lowest BCUT2D eigenvalue weighted by Gasteiger charge is -2.32. The summed E-state index contributed by atoms with van der Waals surface area (Å²) in [5.74, 6) is 0.525. The Balaban J connectivity index is 1.31. The van der Waals surface area contributed by atoms with E-state index in [0.717, 1.165) is 31.2 Å². The molecule has 1 unspecified atom stereocenters. The fraction of sp³-hybridized carbons (Fsp3) is 0.467. The Morgan fingerprint density at radius 1 is 1.03 bits per heavy atom. The van der Waals surface area contributed by atoms with E-state index in [1.165, 1.54) is 4.57 Å². The predicted molar refractivity (Wildman–Crippen MR) is 152 cm³/mol. The van der Waals surface area contributed by atoms with E-state index >= 15 is 0 Å². The second kappa shape index (κ2) is 11.2. The van der Waals surface area contributed by atoms with Gasteiger partial charge in [0, 0.05) is 49.9 Å². The van der Waals surface area contributed by atoms with Crippen molar-refractivity contribution in [2.75, 3.05) is 18.4 Å². The number of rotatable bonds is 8. The van der Waals surface area contributed by atoms with Crippen molar-refractivity contribution in [2.45, 2.75) is 65.1 Å². The topological polar surface area (TPSA) is 119 Å². The molecule has 1 atom stereocenters. The van der Waals surface area contributed by atoms with Crippen LogP contribution < -0.4 is 22.3 Å². The number of Topliss-reactive ketones (excluding diaryl/α,β-unsaturated/α-hetero) is 1. The lowest BCUT2D eigenvalue weighted by molar-refractivity contribution is 0.0931. The molecule has 1 saturated carbocycles. The Morgan fingerprint density at radius 2 is 1.77 bits per heavy atom. The second-order valence-electron chi connectivity index (χ2n) is 11.3. The number of hydrogen-bond donors (Lipinski definition) is 2. The first kappa shape index (κ1) is 26.9. The van der Waals surface area contributed by atoms with E-state index in [1.54, 1.807) is 27.7 Å². The van der Waals surface area contributed by atoms with Crippen LogP contribution >= 0.6 is 0 Å². The average molecular weight is 532 g/mol. The SMILES string of the molecule is CC(C)n1c(=O)n(CC2CC2)c(=O)c2cc(NC(=O)N3CCCC(CC(=O)c4ccc(CN)cc4)C3)ccc21. The largest absolute Gasteiger partial charge is 0.331 e. The number of ketones is 1. The van der Waals surface area contributed by atoms with Gasteiger partial charge in [-0.15, -0.1) is 0 Å². The highest BCUT2D eigenvalue weighted by molar-refractivity contribution is 5.96. The molecule has 1 aromatic heterocycles. The number of carbonyl (C=O) groups excluding carboxylic acids is 2. The van der Waals surface area contributed by atoms with Crippen molar-refractivity contribution in [3.63, 3.8) is 0 Å². The lowest BCUT2D eigenvalue weighted by Crippen LogP contribution is -2.43. The van der Waals surface area contributed by atoms with Gasteiger partial charge in [-0.25, -0.2) is 9.59 Å². The number of aromatic nitrogens is 2. The number of hydrogen-bond acceptors (Lipinski definition) is 5. The van der Waals surface area contributed by atoms with E-state index in [9.17, 15) is 19.2 Å². The van der Waals surface area contributed by atoms with E-state index in [1.807, 2.05) is 38.1 Å². The zero-order chi connectivity index (χ0) is 27.7. The van der Waals surface area contributed by atoms with E-state index in [-0.39, 0.29) is 35.0 Å². The van der Waals surface area contributed by atoms with Crippen LogP contribution in [0, 0.1) is 11.8 Å². The number of fused-ring (bicyclic) bond motifs is 1. The van der Waals surface area contributed by atoms with Crippen LogP contribution in [0.1, 0.15) is 67.9 Å². The summed E-state index contributed by atoms with van der Waals surface area (Å²) in [6.07, 6.45) is 4.16. The smallest absolute Gasteiger partial charge is 0.326 e. The molecular weight excluding hydrogens is 494 g/mol. The van der Waals surface area contributed by atoms with E-state index < -0.39 is 0 Å². The number of nitrogens with two attached hydrogens (primary N) is 1. The first-order chi connectivity index (χ1) is 18.7. The van der Waals surface area contributed by atoms with Crippen LogP contribution in [0.4, 0.5) is 10.5 Å². The van der Waals surface area contributed by atoms with Crippen LogP contribution in [0.5, 0.6) is 0 Å². The molecule has 2 fully saturated rings. The molecule has 0 radical (unpaired) electrons. The highest BCUT2D eigenvalue weighted by Gasteiger charge is 2.27. The Hall–Kier alpha value is -3.72. The second-order valence-corrected chi connectivity index (χ2v) is 11.3. The Bertz CT molecular complexity index is 1500. The summed E-state index contributed by atoms with van der Waals surface area (Å²) in [5.41, 5.74) is 7.78. The van der Waals surface area contributed by atoms with Crippen molar-refractivity contribution >= 4 is 28.4 Å². The van der Waals surface area contributed by atoms with Gasteiger partial charge < -0.3 is 16.0 Å². The van der Waals surface area contributed by atoms with Gasteiger partial charge in [0.2, 0.25) is 0 Å². The van der Waals surface area contributed by atoms with E-state index in [0.29, 0.717) is 60.7 Å². The minimum Gasteiger partial charge on any atom is -0.326 e. The fourth-order valence-electron chi connectivity index (χ4n) is 5.50. The molecule has 3 N–H and O–H groups in total. The van der Waals surface area contributed by atoms with Crippen LogP contribution in [0.15, 0.2) is 52.1 Å². The number of benzene rings is 2. The number of carbonyl (C=O) groups is 2. The molecule has 2 amide bonds. The number of urea groups is 1. The fourth-order valence-corrected chi connectivity index (χ4v) is 5.50. The third-order valence-electron chi connectivity index (χ3n) is 7.87. The Morgan fingerprint density at radius 3 is 2.44 bits per heavy atom. The number of nitrogens with one attached hydrogen (secondary N) is 1. The molecule has 1 saturated heterocycles. The maximum Gasteiger partial charge on any atom is 0.331 e. The van der Waals surface area contributed by atoms with Gasteiger partial charge in [0.15, 0.2) is 5.78 Å². The normalized spacial score (nSPS) is 17.5. The first-order valence-electron chi connectivity index (χ1n) is 13.9. The number of anilines is 1. The van der Waals surface area contributed by atoms with Gasteiger partial charge in [-0.05, 0) is 75.1 Å².